The minimum absolute atomic E-state index is 0.159. The van der Waals surface area contributed by atoms with Gasteiger partial charge in [-0.1, -0.05) is 29.0 Å². The Morgan fingerprint density at radius 1 is 1.18 bits per heavy atom. The molecule has 0 spiro atoms. The summed E-state index contributed by atoms with van der Waals surface area (Å²) in [5.41, 5.74) is 1.48. The molecule has 1 aromatic heterocycles. The second kappa shape index (κ2) is 6.05. The molecule has 0 fully saturated rings. The SMILES string of the molecule is Cc1ccc(S(=O)(=O)Nc2nc(C)c(C(=O)N(C)C)s2)cc1. The summed E-state index contributed by atoms with van der Waals surface area (Å²) in [5.74, 6) is -0.198. The molecular weight excluding hydrogens is 322 g/mol. The molecule has 0 aliphatic rings. The summed E-state index contributed by atoms with van der Waals surface area (Å²) in [6.07, 6.45) is 0. The van der Waals surface area contributed by atoms with Gasteiger partial charge in [0.05, 0.1) is 10.6 Å². The predicted molar refractivity (Wildman–Crippen MR) is 86.9 cm³/mol. The number of nitrogens with one attached hydrogen (secondary N) is 1. The zero-order valence-corrected chi connectivity index (χ0v) is 14.4. The fraction of sp³-hybridized carbons (Fsp3) is 0.286. The number of nitrogens with zero attached hydrogens (tertiary/aromatic N) is 2. The van der Waals surface area contributed by atoms with Crippen LogP contribution in [-0.4, -0.2) is 38.3 Å². The van der Waals surface area contributed by atoms with Gasteiger partial charge in [-0.25, -0.2) is 13.4 Å². The molecule has 0 saturated heterocycles. The first-order valence-electron chi connectivity index (χ1n) is 6.49. The molecule has 0 saturated carbocycles. The van der Waals surface area contributed by atoms with Gasteiger partial charge < -0.3 is 4.90 Å². The zero-order chi connectivity index (χ0) is 16.5. The fourth-order valence-electron chi connectivity index (χ4n) is 1.73. The molecule has 2 rings (SSSR count). The van der Waals surface area contributed by atoms with Gasteiger partial charge in [0.15, 0.2) is 5.13 Å². The molecular formula is C14H17N3O3S2. The van der Waals surface area contributed by atoms with Crippen LogP contribution in [0.3, 0.4) is 0 Å². The van der Waals surface area contributed by atoms with Crippen molar-refractivity contribution in [3.05, 3.63) is 40.4 Å². The van der Waals surface area contributed by atoms with Crippen LogP contribution in [0.25, 0.3) is 0 Å². The number of thiazole rings is 1. The summed E-state index contributed by atoms with van der Waals surface area (Å²) in [5, 5.41) is 0.184. The van der Waals surface area contributed by atoms with E-state index in [1.165, 1.54) is 17.0 Å². The van der Waals surface area contributed by atoms with Crippen molar-refractivity contribution < 1.29 is 13.2 Å². The van der Waals surface area contributed by atoms with Crippen molar-refractivity contribution >= 4 is 32.4 Å². The van der Waals surface area contributed by atoms with E-state index in [0.29, 0.717) is 10.6 Å². The molecule has 8 heteroatoms. The number of anilines is 1. The lowest BCUT2D eigenvalue weighted by atomic mass is 10.2. The molecule has 1 heterocycles. The van der Waals surface area contributed by atoms with Crippen molar-refractivity contribution in [2.75, 3.05) is 18.8 Å². The maximum atomic E-state index is 12.3. The van der Waals surface area contributed by atoms with Crippen LogP contribution in [0.15, 0.2) is 29.2 Å². The highest BCUT2D eigenvalue weighted by atomic mass is 32.2. The maximum Gasteiger partial charge on any atom is 0.265 e. The van der Waals surface area contributed by atoms with Crippen molar-refractivity contribution in [1.29, 1.82) is 0 Å². The van der Waals surface area contributed by atoms with Crippen LogP contribution in [0.2, 0.25) is 0 Å². The third-order valence-electron chi connectivity index (χ3n) is 2.95. The van der Waals surface area contributed by atoms with Crippen LogP contribution in [0, 0.1) is 13.8 Å². The van der Waals surface area contributed by atoms with Gasteiger partial charge in [-0.3, -0.25) is 9.52 Å². The van der Waals surface area contributed by atoms with E-state index in [1.54, 1.807) is 33.2 Å². The van der Waals surface area contributed by atoms with Crippen LogP contribution >= 0.6 is 11.3 Å². The Balaban J connectivity index is 2.29. The highest BCUT2D eigenvalue weighted by Gasteiger charge is 2.20. The summed E-state index contributed by atoms with van der Waals surface area (Å²) in [6.45, 7) is 3.56. The molecule has 22 heavy (non-hydrogen) atoms. The largest absolute Gasteiger partial charge is 0.344 e. The summed E-state index contributed by atoms with van der Waals surface area (Å²) in [7, 11) is -0.433. The Labute approximate surface area is 133 Å². The third-order valence-corrected chi connectivity index (χ3v) is 5.49. The highest BCUT2D eigenvalue weighted by molar-refractivity contribution is 7.93. The van der Waals surface area contributed by atoms with E-state index < -0.39 is 10.0 Å². The van der Waals surface area contributed by atoms with Gasteiger partial charge in [0.2, 0.25) is 0 Å². The summed E-state index contributed by atoms with van der Waals surface area (Å²) < 4.78 is 27.0. The number of hydrogen-bond acceptors (Lipinski definition) is 5. The van der Waals surface area contributed by atoms with Gasteiger partial charge in [0.1, 0.15) is 4.88 Å². The number of amides is 1. The van der Waals surface area contributed by atoms with E-state index in [0.717, 1.165) is 16.9 Å². The molecule has 118 valence electrons. The van der Waals surface area contributed by atoms with E-state index in [2.05, 4.69) is 9.71 Å². The average Bonchev–Trinajstić information content (AvgIpc) is 2.78. The van der Waals surface area contributed by atoms with Crippen LogP contribution in [0.4, 0.5) is 5.13 Å². The molecule has 1 aromatic carbocycles. The molecule has 0 radical (unpaired) electrons. The average molecular weight is 339 g/mol. The molecule has 0 aliphatic carbocycles. The number of rotatable bonds is 4. The van der Waals surface area contributed by atoms with Crippen molar-refractivity contribution in [3.8, 4) is 0 Å². The van der Waals surface area contributed by atoms with Gasteiger partial charge in [0.25, 0.3) is 15.9 Å². The first kappa shape index (κ1) is 16.4. The minimum Gasteiger partial charge on any atom is -0.344 e. The Morgan fingerprint density at radius 2 is 1.77 bits per heavy atom. The summed E-state index contributed by atoms with van der Waals surface area (Å²) >= 11 is 1.03. The minimum atomic E-state index is -3.71. The monoisotopic (exact) mass is 339 g/mol. The lowest BCUT2D eigenvalue weighted by Gasteiger charge is -2.07. The van der Waals surface area contributed by atoms with Crippen LogP contribution < -0.4 is 4.72 Å². The van der Waals surface area contributed by atoms with Crippen molar-refractivity contribution in [3.63, 3.8) is 0 Å². The number of aryl methyl sites for hydroxylation is 2. The maximum absolute atomic E-state index is 12.3. The Bertz CT molecular complexity index is 793. The number of carbonyl (C=O) groups excluding carboxylic acids is 1. The zero-order valence-electron chi connectivity index (χ0n) is 12.7. The van der Waals surface area contributed by atoms with E-state index in [9.17, 15) is 13.2 Å². The Hall–Kier alpha value is -1.93. The number of aromatic nitrogens is 1. The third kappa shape index (κ3) is 3.45. The number of carbonyl (C=O) groups is 1. The van der Waals surface area contributed by atoms with Crippen LogP contribution in [0.5, 0.6) is 0 Å². The normalized spacial score (nSPS) is 11.3. The van der Waals surface area contributed by atoms with Crippen molar-refractivity contribution in [2.24, 2.45) is 0 Å². The van der Waals surface area contributed by atoms with Crippen LogP contribution in [0.1, 0.15) is 20.9 Å². The van der Waals surface area contributed by atoms with Gasteiger partial charge in [-0.05, 0) is 26.0 Å². The van der Waals surface area contributed by atoms with E-state index in [1.807, 2.05) is 6.92 Å². The number of sulfonamides is 1. The Kier molecular flexibility index (Phi) is 4.52. The first-order chi connectivity index (χ1) is 10.2. The Morgan fingerprint density at radius 3 is 2.32 bits per heavy atom. The van der Waals surface area contributed by atoms with Gasteiger partial charge >= 0.3 is 0 Å². The van der Waals surface area contributed by atoms with E-state index in [-0.39, 0.29) is 15.9 Å². The fourth-order valence-corrected chi connectivity index (χ4v) is 3.96. The molecule has 0 unspecified atom stereocenters. The number of hydrogen-bond donors (Lipinski definition) is 1. The second-order valence-electron chi connectivity index (χ2n) is 5.05. The lowest BCUT2D eigenvalue weighted by Crippen LogP contribution is -2.21. The van der Waals surface area contributed by atoms with Crippen molar-refractivity contribution in [2.45, 2.75) is 18.7 Å². The predicted octanol–water partition coefficient (Wildman–Crippen LogP) is 2.26. The number of benzene rings is 1. The summed E-state index contributed by atoms with van der Waals surface area (Å²) in [6, 6.07) is 6.51. The van der Waals surface area contributed by atoms with E-state index >= 15 is 0 Å². The molecule has 1 amide bonds. The van der Waals surface area contributed by atoms with Crippen molar-refractivity contribution in [1.82, 2.24) is 9.88 Å². The molecule has 1 N–H and O–H groups in total. The lowest BCUT2D eigenvalue weighted by molar-refractivity contribution is 0.0831. The van der Waals surface area contributed by atoms with Gasteiger partial charge in [0, 0.05) is 14.1 Å². The van der Waals surface area contributed by atoms with Gasteiger partial charge in [-0.15, -0.1) is 0 Å². The topological polar surface area (TPSA) is 79.4 Å². The van der Waals surface area contributed by atoms with Gasteiger partial charge in [-0.2, -0.15) is 0 Å². The van der Waals surface area contributed by atoms with Crippen LogP contribution in [-0.2, 0) is 10.0 Å². The molecule has 6 nitrogen and oxygen atoms in total. The summed E-state index contributed by atoms with van der Waals surface area (Å²) in [4.78, 5) is 18.1. The molecule has 0 bridgehead atoms. The highest BCUT2D eigenvalue weighted by Crippen LogP contribution is 2.26. The molecule has 0 aliphatic heterocycles. The second-order valence-corrected chi connectivity index (χ2v) is 7.73. The molecule has 2 aromatic rings. The molecule has 0 atom stereocenters. The van der Waals surface area contributed by atoms with E-state index in [4.69, 9.17) is 0 Å². The standard InChI is InChI=1S/C14H17N3O3S2/c1-9-5-7-11(8-6-9)22(19,20)16-14-15-10(2)12(21-14)13(18)17(3)4/h5-8H,1-4H3,(H,15,16). The quantitative estimate of drug-likeness (QED) is 0.927. The smallest absolute Gasteiger partial charge is 0.265 e. The first-order valence-corrected chi connectivity index (χ1v) is 8.79.